The molecule has 1 aliphatic heterocycles. The molecule has 5 nitrogen and oxygen atoms in total. The van der Waals surface area contributed by atoms with Gasteiger partial charge in [-0.15, -0.1) is 0 Å². The Labute approximate surface area is 216 Å². The lowest BCUT2D eigenvalue weighted by Gasteiger charge is -2.61. The van der Waals surface area contributed by atoms with E-state index in [9.17, 15) is 9.90 Å². The van der Waals surface area contributed by atoms with Gasteiger partial charge in [-0.05, 0) is 86.7 Å². The number of nitrogens with zero attached hydrogens (tertiary/aromatic N) is 2. The Kier molecular flexibility index (Phi) is 7.15. The number of amides is 1. The Morgan fingerprint density at radius 3 is 2.56 bits per heavy atom. The molecule has 1 amide bonds. The average molecular weight is 491 g/mol. The summed E-state index contributed by atoms with van der Waals surface area (Å²) in [6.07, 6.45) is 6.36. The minimum absolute atomic E-state index is 0.122. The fourth-order valence-electron chi connectivity index (χ4n) is 6.99. The summed E-state index contributed by atoms with van der Waals surface area (Å²) < 4.78 is 6.54. The number of hydrogen-bond acceptors (Lipinski definition) is 4. The number of carbonyl (C=O) groups excluding carboxylic acids is 1. The van der Waals surface area contributed by atoms with Gasteiger partial charge >= 0.3 is 0 Å². The van der Waals surface area contributed by atoms with Crippen LogP contribution in [0.15, 0.2) is 54.6 Å². The highest BCUT2D eigenvalue weighted by Crippen LogP contribution is 2.55. The van der Waals surface area contributed by atoms with Gasteiger partial charge in [0, 0.05) is 43.8 Å². The summed E-state index contributed by atoms with van der Waals surface area (Å²) >= 11 is 0. The lowest BCUT2D eigenvalue weighted by Crippen LogP contribution is -2.68. The van der Waals surface area contributed by atoms with Gasteiger partial charge < -0.3 is 19.6 Å². The monoisotopic (exact) mass is 490 g/mol. The molecule has 0 radical (unpaired) electrons. The number of phenols is 1. The predicted molar refractivity (Wildman–Crippen MR) is 143 cm³/mol. The van der Waals surface area contributed by atoms with Crippen LogP contribution in [0.2, 0.25) is 0 Å². The number of carbonyl (C=O) groups is 1. The molecule has 0 aromatic heterocycles. The molecule has 0 unspecified atom stereocenters. The molecule has 194 valence electrons. The fourth-order valence-corrected chi connectivity index (χ4v) is 6.99. The first kappa shape index (κ1) is 25.3. The Hall–Kier alpha value is -2.37. The van der Waals surface area contributed by atoms with Crippen molar-refractivity contribution in [3.05, 3.63) is 65.7 Å². The molecule has 1 N–H and O–H groups in total. The molecule has 36 heavy (non-hydrogen) atoms. The van der Waals surface area contributed by atoms with Crippen molar-refractivity contribution < 1.29 is 14.6 Å². The highest BCUT2D eigenvalue weighted by molar-refractivity contribution is 5.94. The minimum atomic E-state index is -0.330. The smallest absolute Gasteiger partial charge is 0.254 e. The fraction of sp³-hybridized carbons (Fsp3) is 0.581. The lowest BCUT2D eigenvalue weighted by atomic mass is 9.55. The summed E-state index contributed by atoms with van der Waals surface area (Å²) in [5.41, 5.74) is 1.32. The molecule has 2 aromatic carbocycles. The van der Waals surface area contributed by atoms with Crippen LogP contribution in [0, 0.1) is 11.8 Å². The van der Waals surface area contributed by atoms with E-state index in [-0.39, 0.29) is 23.0 Å². The van der Waals surface area contributed by atoms with E-state index in [1.165, 1.54) is 12.8 Å². The Bertz CT molecular complexity index is 1050. The number of methoxy groups -OCH3 is 1. The van der Waals surface area contributed by atoms with Crippen LogP contribution >= 0.6 is 0 Å². The molecule has 2 saturated carbocycles. The zero-order chi connectivity index (χ0) is 25.3. The van der Waals surface area contributed by atoms with E-state index >= 15 is 0 Å². The third-order valence-corrected chi connectivity index (χ3v) is 8.96. The zero-order valence-corrected chi connectivity index (χ0v) is 22.2. The van der Waals surface area contributed by atoms with Crippen molar-refractivity contribution in [3.8, 4) is 5.75 Å². The van der Waals surface area contributed by atoms with Crippen LogP contribution in [-0.2, 0) is 10.2 Å². The summed E-state index contributed by atoms with van der Waals surface area (Å²) in [7, 11) is 1.87. The maximum absolute atomic E-state index is 13.8. The van der Waals surface area contributed by atoms with Gasteiger partial charge in [0.2, 0.25) is 0 Å². The van der Waals surface area contributed by atoms with Crippen LogP contribution in [0.1, 0.15) is 68.3 Å². The summed E-state index contributed by atoms with van der Waals surface area (Å²) in [5.74, 6) is 1.64. The van der Waals surface area contributed by atoms with E-state index in [1.54, 1.807) is 6.07 Å². The van der Waals surface area contributed by atoms with Crippen LogP contribution in [0.3, 0.4) is 0 Å². The Balaban J connectivity index is 1.52. The van der Waals surface area contributed by atoms with Crippen molar-refractivity contribution in [2.75, 3.05) is 33.3 Å². The number of benzene rings is 2. The van der Waals surface area contributed by atoms with Crippen LogP contribution in [-0.4, -0.2) is 65.7 Å². The second-order valence-electron chi connectivity index (χ2n) is 11.9. The van der Waals surface area contributed by atoms with Crippen molar-refractivity contribution in [2.24, 2.45) is 11.8 Å². The topological polar surface area (TPSA) is 53.0 Å². The van der Waals surface area contributed by atoms with Crippen molar-refractivity contribution in [3.63, 3.8) is 0 Å². The van der Waals surface area contributed by atoms with Crippen molar-refractivity contribution in [1.82, 2.24) is 9.80 Å². The van der Waals surface area contributed by atoms with Gasteiger partial charge in [-0.1, -0.05) is 44.2 Å². The molecular weight excluding hydrogens is 448 g/mol. The van der Waals surface area contributed by atoms with Gasteiger partial charge in [-0.25, -0.2) is 0 Å². The molecule has 5 rings (SSSR count). The molecule has 0 spiro atoms. The molecular formula is C31H42N2O3. The van der Waals surface area contributed by atoms with Gasteiger partial charge in [0.25, 0.3) is 5.91 Å². The summed E-state index contributed by atoms with van der Waals surface area (Å²) in [6.45, 7) is 8.22. The summed E-state index contributed by atoms with van der Waals surface area (Å²) in [4.78, 5) is 18.6. The largest absolute Gasteiger partial charge is 0.508 e. The summed E-state index contributed by atoms with van der Waals surface area (Å²) in [5, 5.41) is 10.5. The predicted octanol–water partition coefficient (Wildman–Crippen LogP) is 5.48. The molecule has 3 atom stereocenters. The van der Waals surface area contributed by atoms with Crippen molar-refractivity contribution in [1.29, 1.82) is 0 Å². The number of fused-ring (bicyclic) bond motifs is 1. The Morgan fingerprint density at radius 1 is 1.11 bits per heavy atom. The second kappa shape index (κ2) is 10.2. The average Bonchev–Trinajstić information content (AvgIpc) is 3.71. The van der Waals surface area contributed by atoms with Gasteiger partial charge in [0.15, 0.2) is 0 Å². The third kappa shape index (κ3) is 4.80. The van der Waals surface area contributed by atoms with E-state index in [2.05, 4.69) is 29.7 Å². The normalized spacial score (nSPS) is 28.6. The number of ether oxygens (including phenoxy) is 1. The van der Waals surface area contributed by atoms with Crippen molar-refractivity contribution >= 4 is 5.91 Å². The highest BCUT2D eigenvalue weighted by atomic mass is 16.5. The maximum Gasteiger partial charge on any atom is 0.254 e. The number of likely N-dealkylation sites (tertiary alicyclic amines) is 1. The Morgan fingerprint density at radius 2 is 1.89 bits per heavy atom. The molecule has 2 aliphatic carbocycles. The first-order chi connectivity index (χ1) is 17.4. The van der Waals surface area contributed by atoms with Crippen LogP contribution < -0.4 is 0 Å². The SMILES string of the molecule is CO[C@]12CC[C@H](N(CC(C)C)C(=O)c3ccccc3)C[C@]1(c1cccc(O)c1)CCN(CC1CC1)C2. The van der Waals surface area contributed by atoms with E-state index in [0.29, 0.717) is 11.7 Å². The van der Waals surface area contributed by atoms with Crippen LogP contribution in [0.5, 0.6) is 5.75 Å². The first-order valence-electron chi connectivity index (χ1n) is 13.8. The molecule has 3 aliphatic rings. The maximum atomic E-state index is 13.8. The van der Waals surface area contributed by atoms with Crippen molar-refractivity contribution in [2.45, 2.75) is 69.4 Å². The second-order valence-corrected chi connectivity index (χ2v) is 11.9. The lowest BCUT2D eigenvalue weighted by molar-refractivity contribution is -0.155. The molecule has 2 aromatic rings. The van der Waals surface area contributed by atoms with Gasteiger partial charge in [0.05, 0.1) is 5.60 Å². The van der Waals surface area contributed by atoms with Crippen LogP contribution in [0.4, 0.5) is 0 Å². The quantitative estimate of drug-likeness (QED) is 0.532. The van der Waals surface area contributed by atoms with E-state index in [1.807, 2.05) is 49.6 Å². The number of aromatic hydroxyl groups is 1. The number of hydrogen-bond donors (Lipinski definition) is 1. The molecule has 1 saturated heterocycles. The minimum Gasteiger partial charge on any atom is -0.508 e. The molecule has 5 heteroatoms. The van der Waals surface area contributed by atoms with Gasteiger partial charge in [-0.2, -0.15) is 0 Å². The molecule has 3 fully saturated rings. The van der Waals surface area contributed by atoms with E-state index in [0.717, 1.165) is 68.9 Å². The third-order valence-electron chi connectivity index (χ3n) is 8.96. The van der Waals surface area contributed by atoms with Gasteiger partial charge in [-0.3, -0.25) is 4.79 Å². The summed E-state index contributed by atoms with van der Waals surface area (Å²) in [6, 6.07) is 17.7. The van der Waals surface area contributed by atoms with E-state index in [4.69, 9.17) is 4.74 Å². The number of phenolic OH excluding ortho intramolecular Hbond substituents is 1. The van der Waals surface area contributed by atoms with Gasteiger partial charge in [0.1, 0.15) is 5.75 Å². The highest BCUT2D eigenvalue weighted by Gasteiger charge is 2.60. The van der Waals surface area contributed by atoms with E-state index < -0.39 is 0 Å². The number of rotatable bonds is 8. The number of piperidine rings is 1. The molecule has 0 bridgehead atoms. The first-order valence-corrected chi connectivity index (χ1v) is 13.8. The zero-order valence-electron chi connectivity index (χ0n) is 22.2. The molecule has 1 heterocycles. The van der Waals surface area contributed by atoms with Crippen LogP contribution in [0.25, 0.3) is 0 Å². The standard InChI is InChI=1S/C31H42N2O3/c1-23(2)20-33(29(35)25-8-5-4-6-9-25)27-14-15-31(36-3)22-32(21-24-12-13-24)17-16-30(31,19-27)26-10-7-11-28(34)18-26/h4-11,18,23-24,27,34H,12-17,19-22H2,1-3H3/t27-,30-,31-/m0/s1.